The highest BCUT2D eigenvalue weighted by molar-refractivity contribution is 6.37. The number of hydrogen-bond acceptors (Lipinski definition) is 6. The molecule has 2 aromatic rings. The fourth-order valence-corrected chi connectivity index (χ4v) is 2.50. The molecule has 0 N–H and O–H groups in total. The number of rotatable bonds is 3. The number of carbonyl (C=O) groups excluding carboxylic acids is 2. The van der Waals surface area contributed by atoms with Crippen molar-refractivity contribution in [3.8, 4) is 0 Å². The van der Waals surface area contributed by atoms with Crippen LogP contribution in [0.4, 0.5) is 0 Å². The smallest absolute Gasteiger partial charge is 0.354 e. The maximum Gasteiger partial charge on any atom is 0.354 e. The fourth-order valence-electron chi connectivity index (χ4n) is 2.50. The summed E-state index contributed by atoms with van der Waals surface area (Å²) in [6, 6.07) is 6.78. The molecule has 1 aromatic carbocycles. The third-order valence-corrected chi connectivity index (χ3v) is 3.79. The van der Waals surface area contributed by atoms with E-state index < -0.39 is 11.6 Å². The Balaban J connectivity index is 1.81. The van der Waals surface area contributed by atoms with E-state index in [1.807, 2.05) is 19.1 Å². The number of aryl methyl sites for hydroxylation is 1. The second-order valence-electron chi connectivity index (χ2n) is 5.63. The van der Waals surface area contributed by atoms with Gasteiger partial charge in [0.1, 0.15) is 17.9 Å². The Morgan fingerprint density at radius 2 is 2.08 bits per heavy atom. The monoisotopic (exact) mass is 328 g/mol. The quantitative estimate of drug-likeness (QED) is 0.632. The van der Waals surface area contributed by atoms with E-state index in [0.29, 0.717) is 16.5 Å². The van der Waals surface area contributed by atoms with Crippen LogP contribution in [0, 0.1) is 6.92 Å². The molecule has 0 atom stereocenters. The first-order valence-corrected chi connectivity index (χ1v) is 7.48. The standard InChI is InChI=1S/C17H16N2O5/c1-10-3-4-12-11(8-16(21)24-14(12)7-10)9-23-17(22)13-5-6-15(20)19(2)18-13/h3-4,7-8H,5-6,9H2,1-2H3. The summed E-state index contributed by atoms with van der Waals surface area (Å²) >= 11 is 0. The van der Waals surface area contributed by atoms with Crippen molar-refractivity contribution in [3.63, 3.8) is 0 Å². The lowest BCUT2D eigenvalue weighted by atomic mass is 10.1. The number of nitrogens with zero attached hydrogens (tertiary/aromatic N) is 2. The predicted molar refractivity (Wildman–Crippen MR) is 86.5 cm³/mol. The maximum absolute atomic E-state index is 12.1. The van der Waals surface area contributed by atoms with Crippen LogP contribution < -0.4 is 5.63 Å². The van der Waals surface area contributed by atoms with Gasteiger partial charge in [-0.25, -0.2) is 14.6 Å². The second kappa shape index (κ2) is 6.27. The van der Waals surface area contributed by atoms with Gasteiger partial charge < -0.3 is 9.15 Å². The Bertz CT molecular complexity index is 913. The van der Waals surface area contributed by atoms with E-state index in [0.717, 1.165) is 10.6 Å². The summed E-state index contributed by atoms with van der Waals surface area (Å²) < 4.78 is 10.4. The summed E-state index contributed by atoms with van der Waals surface area (Å²) in [7, 11) is 1.49. The van der Waals surface area contributed by atoms with Crippen LogP contribution in [0.1, 0.15) is 24.0 Å². The lowest BCUT2D eigenvalue weighted by molar-refractivity contribution is -0.137. The summed E-state index contributed by atoms with van der Waals surface area (Å²) in [4.78, 5) is 35.1. The predicted octanol–water partition coefficient (Wildman–Crippen LogP) is 1.75. The summed E-state index contributed by atoms with van der Waals surface area (Å²) in [5.41, 5.74) is 1.67. The van der Waals surface area contributed by atoms with E-state index in [1.165, 1.54) is 13.1 Å². The van der Waals surface area contributed by atoms with Gasteiger partial charge in [-0.2, -0.15) is 5.10 Å². The van der Waals surface area contributed by atoms with Gasteiger partial charge in [-0.3, -0.25) is 4.79 Å². The third kappa shape index (κ3) is 3.19. The van der Waals surface area contributed by atoms with Crippen molar-refractivity contribution in [1.82, 2.24) is 5.01 Å². The molecule has 3 rings (SSSR count). The lowest BCUT2D eigenvalue weighted by Gasteiger charge is -2.18. The van der Waals surface area contributed by atoms with Crippen LogP contribution in [0.2, 0.25) is 0 Å². The molecule has 0 saturated carbocycles. The first-order valence-electron chi connectivity index (χ1n) is 7.48. The molecule has 7 nitrogen and oxygen atoms in total. The minimum absolute atomic E-state index is 0.0688. The summed E-state index contributed by atoms with van der Waals surface area (Å²) in [6.45, 7) is 1.83. The molecule has 124 valence electrons. The highest BCUT2D eigenvalue weighted by Gasteiger charge is 2.23. The number of hydrazone groups is 1. The van der Waals surface area contributed by atoms with Crippen LogP contribution in [0.15, 0.2) is 38.6 Å². The molecule has 2 heterocycles. The summed E-state index contributed by atoms with van der Waals surface area (Å²) in [5, 5.41) is 5.76. The molecule has 1 aromatic heterocycles. The molecule has 0 fully saturated rings. The number of benzene rings is 1. The van der Waals surface area contributed by atoms with Crippen LogP contribution in [0.5, 0.6) is 0 Å². The highest BCUT2D eigenvalue weighted by atomic mass is 16.5. The van der Waals surface area contributed by atoms with Crippen LogP contribution in [-0.2, 0) is 20.9 Å². The topological polar surface area (TPSA) is 89.2 Å². The van der Waals surface area contributed by atoms with E-state index in [2.05, 4.69) is 5.10 Å². The van der Waals surface area contributed by atoms with Crippen molar-refractivity contribution in [1.29, 1.82) is 0 Å². The van der Waals surface area contributed by atoms with E-state index >= 15 is 0 Å². The van der Waals surface area contributed by atoms with Crippen LogP contribution in [-0.4, -0.2) is 29.6 Å². The molecule has 1 aliphatic heterocycles. The molecule has 24 heavy (non-hydrogen) atoms. The Morgan fingerprint density at radius 1 is 1.29 bits per heavy atom. The van der Waals surface area contributed by atoms with Gasteiger partial charge in [0.15, 0.2) is 0 Å². The van der Waals surface area contributed by atoms with E-state index in [4.69, 9.17) is 9.15 Å². The number of amides is 1. The Kier molecular flexibility index (Phi) is 4.16. The van der Waals surface area contributed by atoms with E-state index in [9.17, 15) is 14.4 Å². The molecular weight excluding hydrogens is 312 g/mol. The first-order chi connectivity index (χ1) is 11.4. The number of esters is 1. The molecule has 0 unspecified atom stereocenters. The van der Waals surface area contributed by atoms with Gasteiger partial charge in [-0.15, -0.1) is 0 Å². The van der Waals surface area contributed by atoms with Crippen molar-refractivity contribution < 1.29 is 18.7 Å². The van der Waals surface area contributed by atoms with Gasteiger partial charge in [-0.05, 0) is 18.6 Å². The Labute approximate surface area is 137 Å². The summed E-state index contributed by atoms with van der Waals surface area (Å²) in [5.74, 6) is -0.739. The first kappa shape index (κ1) is 15.9. The van der Waals surface area contributed by atoms with Crippen molar-refractivity contribution in [2.24, 2.45) is 5.10 Å². The molecule has 0 spiro atoms. The molecule has 1 aliphatic rings. The van der Waals surface area contributed by atoms with Gasteiger partial charge in [0.25, 0.3) is 0 Å². The van der Waals surface area contributed by atoms with Gasteiger partial charge in [0.05, 0.1) is 0 Å². The molecule has 0 aliphatic carbocycles. The van der Waals surface area contributed by atoms with Crippen molar-refractivity contribution in [2.75, 3.05) is 7.05 Å². The maximum atomic E-state index is 12.1. The van der Waals surface area contributed by atoms with Gasteiger partial charge >= 0.3 is 11.6 Å². The molecule has 0 bridgehead atoms. The largest absolute Gasteiger partial charge is 0.456 e. The Hall–Kier alpha value is -2.96. The van der Waals surface area contributed by atoms with Crippen molar-refractivity contribution in [2.45, 2.75) is 26.4 Å². The van der Waals surface area contributed by atoms with Crippen LogP contribution >= 0.6 is 0 Å². The second-order valence-corrected chi connectivity index (χ2v) is 5.63. The van der Waals surface area contributed by atoms with Crippen LogP contribution in [0.3, 0.4) is 0 Å². The molecule has 7 heteroatoms. The molecule has 0 saturated heterocycles. The average molecular weight is 328 g/mol. The Morgan fingerprint density at radius 3 is 2.83 bits per heavy atom. The molecule has 1 amide bonds. The zero-order valence-electron chi connectivity index (χ0n) is 13.4. The number of ether oxygens (including phenoxy) is 1. The SMILES string of the molecule is Cc1ccc2c(COC(=O)C3=NN(C)C(=O)CC3)cc(=O)oc2c1. The molecule has 0 radical (unpaired) electrons. The van der Waals surface area contributed by atoms with Crippen molar-refractivity contribution >= 4 is 28.6 Å². The normalized spacial score (nSPS) is 14.7. The zero-order chi connectivity index (χ0) is 17.3. The highest BCUT2D eigenvalue weighted by Crippen LogP contribution is 2.19. The lowest BCUT2D eigenvalue weighted by Crippen LogP contribution is -2.32. The fraction of sp³-hybridized carbons (Fsp3) is 0.294. The minimum Gasteiger partial charge on any atom is -0.456 e. The summed E-state index contributed by atoms with van der Waals surface area (Å²) in [6.07, 6.45) is 0.473. The van der Waals surface area contributed by atoms with Gasteiger partial charge in [-0.1, -0.05) is 12.1 Å². The number of fused-ring (bicyclic) bond motifs is 1. The minimum atomic E-state index is -0.595. The molecular formula is C17H16N2O5. The zero-order valence-corrected chi connectivity index (χ0v) is 13.4. The van der Waals surface area contributed by atoms with Crippen molar-refractivity contribution in [3.05, 3.63) is 45.8 Å². The van der Waals surface area contributed by atoms with Crippen LogP contribution in [0.25, 0.3) is 11.0 Å². The van der Waals surface area contributed by atoms with E-state index in [-0.39, 0.29) is 31.1 Å². The van der Waals surface area contributed by atoms with E-state index in [1.54, 1.807) is 6.07 Å². The van der Waals surface area contributed by atoms with Gasteiger partial charge in [0.2, 0.25) is 5.91 Å². The van der Waals surface area contributed by atoms with Gasteiger partial charge in [0, 0.05) is 36.9 Å². The average Bonchev–Trinajstić information content (AvgIpc) is 2.54. The third-order valence-electron chi connectivity index (χ3n) is 3.79. The number of carbonyl (C=O) groups is 2. The number of hydrogen-bond donors (Lipinski definition) is 0.